The van der Waals surface area contributed by atoms with Gasteiger partial charge < -0.3 is 18.9 Å². The van der Waals surface area contributed by atoms with Gasteiger partial charge in [0, 0.05) is 21.3 Å². The Bertz CT molecular complexity index is 429. The van der Waals surface area contributed by atoms with Gasteiger partial charge in [-0.3, -0.25) is 4.18 Å². The molecule has 0 amide bonds. The average Bonchev–Trinajstić information content (AvgIpc) is 2.52. The van der Waals surface area contributed by atoms with E-state index in [9.17, 15) is 8.42 Å². The van der Waals surface area contributed by atoms with Crippen LogP contribution in [0.4, 0.5) is 0 Å². The van der Waals surface area contributed by atoms with E-state index < -0.39 is 22.3 Å². The Balaban J connectivity index is 2.87. The summed E-state index contributed by atoms with van der Waals surface area (Å²) in [5, 5.41) is 0. The third kappa shape index (κ3) is 5.84. The third-order valence-corrected chi connectivity index (χ3v) is 6.06. The van der Waals surface area contributed by atoms with Crippen molar-refractivity contribution in [1.82, 2.24) is 0 Å². The van der Waals surface area contributed by atoms with Crippen molar-refractivity contribution in [1.29, 1.82) is 0 Å². The van der Waals surface area contributed by atoms with Crippen LogP contribution < -0.4 is 0 Å². The molecule has 138 valence electrons. The molecule has 1 aliphatic heterocycles. The fourth-order valence-corrected chi connectivity index (χ4v) is 4.71. The fraction of sp³-hybridized carbons (Fsp3) is 1.00. The fourth-order valence-electron chi connectivity index (χ4n) is 2.71. The second-order valence-corrected chi connectivity index (χ2v) is 8.19. The van der Waals surface area contributed by atoms with Gasteiger partial charge >= 0.3 is 0 Å². The molecule has 7 nitrogen and oxygen atoms in total. The van der Waals surface area contributed by atoms with Gasteiger partial charge in [-0.1, -0.05) is 6.92 Å². The van der Waals surface area contributed by atoms with Gasteiger partial charge in [-0.15, -0.1) is 11.8 Å². The van der Waals surface area contributed by atoms with Crippen molar-refractivity contribution in [2.45, 2.75) is 50.1 Å². The maximum Gasteiger partial charge on any atom is 0.267 e. The van der Waals surface area contributed by atoms with E-state index in [2.05, 4.69) is 0 Å². The largest absolute Gasteiger partial charge is 0.376 e. The summed E-state index contributed by atoms with van der Waals surface area (Å²) < 4.78 is 51.0. The predicted octanol–water partition coefficient (Wildman–Crippen LogP) is 1.27. The number of methoxy groups -OCH3 is 3. The lowest BCUT2D eigenvalue weighted by atomic mass is 9.97. The molecule has 0 aromatic carbocycles. The quantitative estimate of drug-likeness (QED) is 0.530. The first-order valence-corrected chi connectivity index (χ1v) is 10.3. The molecule has 0 aromatic heterocycles. The van der Waals surface area contributed by atoms with Crippen molar-refractivity contribution in [3.05, 3.63) is 0 Å². The lowest BCUT2D eigenvalue weighted by Gasteiger charge is -2.44. The molecular formula is C14H28O7S2. The molecule has 0 spiro atoms. The Kier molecular flexibility index (Phi) is 9.35. The zero-order valence-corrected chi connectivity index (χ0v) is 16.0. The third-order valence-electron chi connectivity index (χ3n) is 3.69. The van der Waals surface area contributed by atoms with Gasteiger partial charge in [-0.25, -0.2) is 0 Å². The summed E-state index contributed by atoms with van der Waals surface area (Å²) >= 11 is 1.60. The molecule has 0 saturated carbocycles. The van der Waals surface area contributed by atoms with Crippen molar-refractivity contribution < 1.29 is 31.5 Å². The molecule has 5 atom stereocenters. The molecule has 1 saturated heterocycles. The van der Waals surface area contributed by atoms with E-state index in [1.54, 1.807) is 40.0 Å². The summed E-state index contributed by atoms with van der Waals surface area (Å²) in [6.07, 6.45) is -1.15. The highest BCUT2D eigenvalue weighted by molar-refractivity contribution is 7.99. The molecule has 0 N–H and O–H groups in total. The minimum absolute atomic E-state index is 0.122. The maximum atomic E-state index is 11.8. The molecule has 23 heavy (non-hydrogen) atoms. The Hall–Kier alpha value is 0.1000. The number of hydrogen-bond donors (Lipinski definition) is 0. The normalized spacial score (nSPS) is 32.1. The first-order chi connectivity index (χ1) is 10.9. The lowest BCUT2D eigenvalue weighted by molar-refractivity contribution is -0.221. The maximum absolute atomic E-state index is 11.8. The molecule has 9 heteroatoms. The molecule has 0 aliphatic carbocycles. The molecule has 1 heterocycles. The number of rotatable bonds is 10. The standard InChI is InChI=1S/C14H28O7S2/c1-6-20-23(15,16)9-8-10-11(17-3)12(18-4)13(19-5)14(21-10)22-7-2/h10-14H,6-9H2,1-5H3/t10-,11-,12+,13-,14-/m1/s1. The molecule has 0 aromatic rings. The van der Waals surface area contributed by atoms with Crippen LogP contribution in [0.15, 0.2) is 0 Å². The minimum atomic E-state index is -3.55. The number of hydrogen-bond acceptors (Lipinski definition) is 8. The number of ether oxygens (including phenoxy) is 4. The Morgan fingerprint density at radius 1 is 1.00 bits per heavy atom. The smallest absolute Gasteiger partial charge is 0.267 e. The number of thioether (sulfide) groups is 1. The van der Waals surface area contributed by atoms with Crippen LogP contribution in [-0.2, 0) is 33.2 Å². The van der Waals surface area contributed by atoms with Crippen LogP contribution in [0, 0.1) is 0 Å². The van der Waals surface area contributed by atoms with Gasteiger partial charge in [-0.2, -0.15) is 8.42 Å². The van der Waals surface area contributed by atoms with Crippen LogP contribution in [-0.4, -0.2) is 77.7 Å². The van der Waals surface area contributed by atoms with Crippen molar-refractivity contribution in [3.8, 4) is 0 Å². The zero-order chi connectivity index (χ0) is 17.5. The summed E-state index contributed by atoms with van der Waals surface area (Å²) in [5.41, 5.74) is -0.235. The van der Waals surface area contributed by atoms with Gasteiger partial charge in [0.1, 0.15) is 23.7 Å². The Morgan fingerprint density at radius 3 is 2.09 bits per heavy atom. The van der Waals surface area contributed by atoms with Gasteiger partial charge in [0.25, 0.3) is 10.1 Å². The van der Waals surface area contributed by atoms with Crippen LogP contribution >= 0.6 is 11.8 Å². The highest BCUT2D eigenvalue weighted by Gasteiger charge is 2.47. The molecule has 1 fully saturated rings. The van der Waals surface area contributed by atoms with E-state index in [-0.39, 0.29) is 36.4 Å². The topological polar surface area (TPSA) is 80.3 Å². The monoisotopic (exact) mass is 372 g/mol. The van der Waals surface area contributed by atoms with Crippen LogP contribution in [0.3, 0.4) is 0 Å². The van der Waals surface area contributed by atoms with E-state index in [0.29, 0.717) is 0 Å². The van der Waals surface area contributed by atoms with Crippen molar-refractivity contribution in [3.63, 3.8) is 0 Å². The van der Waals surface area contributed by atoms with Crippen LogP contribution in [0.25, 0.3) is 0 Å². The van der Waals surface area contributed by atoms with Crippen molar-refractivity contribution in [2.24, 2.45) is 0 Å². The van der Waals surface area contributed by atoms with Gasteiger partial charge in [-0.05, 0) is 19.1 Å². The summed E-state index contributed by atoms with van der Waals surface area (Å²) in [6.45, 7) is 3.80. The predicted molar refractivity (Wildman–Crippen MR) is 89.2 cm³/mol. The van der Waals surface area contributed by atoms with Crippen LogP contribution in [0.1, 0.15) is 20.3 Å². The van der Waals surface area contributed by atoms with E-state index in [1.165, 1.54) is 0 Å². The molecule has 1 aliphatic rings. The van der Waals surface area contributed by atoms with Crippen molar-refractivity contribution in [2.75, 3.05) is 39.4 Å². The van der Waals surface area contributed by atoms with Crippen LogP contribution in [0.2, 0.25) is 0 Å². The van der Waals surface area contributed by atoms with Gasteiger partial charge in [0.15, 0.2) is 0 Å². The van der Waals surface area contributed by atoms with Crippen molar-refractivity contribution >= 4 is 21.9 Å². The average molecular weight is 373 g/mol. The molecule has 0 unspecified atom stereocenters. The van der Waals surface area contributed by atoms with Gasteiger partial charge in [0.05, 0.1) is 18.5 Å². The summed E-state index contributed by atoms with van der Waals surface area (Å²) in [4.78, 5) is 0. The van der Waals surface area contributed by atoms with E-state index in [1.807, 2.05) is 6.92 Å². The first-order valence-electron chi connectivity index (χ1n) is 7.66. The second kappa shape index (κ2) is 10.2. The zero-order valence-electron chi connectivity index (χ0n) is 14.4. The lowest BCUT2D eigenvalue weighted by Crippen LogP contribution is -2.58. The highest BCUT2D eigenvalue weighted by atomic mass is 32.2. The van der Waals surface area contributed by atoms with E-state index in [0.717, 1.165) is 5.75 Å². The summed E-state index contributed by atoms with van der Waals surface area (Å²) in [5.74, 6) is 0.728. The van der Waals surface area contributed by atoms with Crippen LogP contribution in [0.5, 0.6) is 0 Å². The first kappa shape index (κ1) is 21.1. The summed E-state index contributed by atoms with van der Waals surface area (Å²) in [7, 11) is 1.21. The van der Waals surface area contributed by atoms with E-state index in [4.69, 9.17) is 23.1 Å². The second-order valence-electron chi connectivity index (χ2n) is 5.06. The van der Waals surface area contributed by atoms with E-state index >= 15 is 0 Å². The Labute approximate surface area is 143 Å². The SMILES string of the molecule is CCOS(=O)(=O)CC[C@H]1O[C@H](SCC)[C@H](OC)[C@@H](OC)[C@@H]1OC. The molecule has 0 radical (unpaired) electrons. The Morgan fingerprint density at radius 2 is 1.61 bits per heavy atom. The van der Waals surface area contributed by atoms with Gasteiger partial charge in [0.2, 0.25) is 0 Å². The molecule has 1 rings (SSSR count). The molecular weight excluding hydrogens is 344 g/mol. The highest BCUT2D eigenvalue weighted by Crippen LogP contribution is 2.34. The summed E-state index contributed by atoms with van der Waals surface area (Å²) in [6, 6.07) is 0. The minimum Gasteiger partial charge on any atom is -0.376 e. The molecule has 0 bridgehead atoms.